The largest absolute Gasteiger partial charge is 0.471 e. The second kappa shape index (κ2) is 9.94. The standard InChI is InChI=1S/C22H24BrF4N3O2Si/c1-33(2,3)9-8-32-13-30-12-17(23)19-15(6-7-28-20(19)30)10-14-4-5-16(11-18(14)24)29-21(31)22(25,26)27/h4-7,11-12H,8-10,13H2,1-3H3,(H,29,31). The SMILES string of the molecule is C[Si](C)(C)CCOCn1cc(Br)c2c(Cc3ccc(NC(=O)C(F)(F)F)cc3F)ccnc21. The molecule has 178 valence electrons. The Labute approximate surface area is 198 Å². The van der Waals surface area contributed by atoms with Crippen molar-refractivity contribution in [2.24, 2.45) is 0 Å². The zero-order chi connectivity index (χ0) is 24.4. The molecule has 0 saturated heterocycles. The predicted molar refractivity (Wildman–Crippen MR) is 125 cm³/mol. The number of anilines is 1. The topological polar surface area (TPSA) is 56.1 Å². The molecule has 0 fully saturated rings. The van der Waals surface area contributed by atoms with Crippen LogP contribution in [0.1, 0.15) is 11.1 Å². The summed E-state index contributed by atoms with van der Waals surface area (Å²) in [6.07, 6.45) is -1.37. The Morgan fingerprint density at radius 2 is 1.94 bits per heavy atom. The maximum absolute atomic E-state index is 14.6. The van der Waals surface area contributed by atoms with Crippen molar-refractivity contribution in [2.45, 2.75) is 45.0 Å². The van der Waals surface area contributed by atoms with Crippen molar-refractivity contribution in [3.63, 3.8) is 0 Å². The van der Waals surface area contributed by atoms with Gasteiger partial charge in [0.05, 0.1) is 0 Å². The minimum absolute atomic E-state index is 0.192. The Morgan fingerprint density at radius 3 is 2.58 bits per heavy atom. The molecule has 0 saturated carbocycles. The van der Waals surface area contributed by atoms with E-state index in [0.717, 1.165) is 27.5 Å². The number of carbonyl (C=O) groups excluding carboxylic acids is 1. The first-order valence-electron chi connectivity index (χ1n) is 10.2. The van der Waals surface area contributed by atoms with Gasteiger partial charge in [0.2, 0.25) is 0 Å². The van der Waals surface area contributed by atoms with Crippen molar-refractivity contribution in [1.29, 1.82) is 0 Å². The molecular weight excluding hydrogens is 522 g/mol. The van der Waals surface area contributed by atoms with Crippen molar-refractivity contribution in [3.8, 4) is 0 Å². The van der Waals surface area contributed by atoms with E-state index in [9.17, 15) is 22.4 Å². The molecule has 1 aromatic carbocycles. The van der Waals surface area contributed by atoms with Crippen LogP contribution in [-0.4, -0.2) is 36.3 Å². The van der Waals surface area contributed by atoms with Gasteiger partial charge in [0.25, 0.3) is 0 Å². The second-order valence-corrected chi connectivity index (χ2v) is 15.4. The third-order valence-electron chi connectivity index (χ3n) is 4.97. The molecular formula is C22H24BrF4N3O2Si. The zero-order valence-corrected chi connectivity index (χ0v) is 21.0. The summed E-state index contributed by atoms with van der Waals surface area (Å²) in [5, 5.41) is 2.46. The van der Waals surface area contributed by atoms with Crippen molar-refractivity contribution in [3.05, 3.63) is 58.1 Å². The average molecular weight is 546 g/mol. The molecule has 0 bridgehead atoms. The summed E-state index contributed by atoms with van der Waals surface area (Å²) in [4.78, 5) is 15.5. The number of hydrogen-bond acceptors (Lipinski definition) is 3. The number of alkyl halides is 3. The highest BCUT2D eigenvalue weighted by atomic mass is 79.9. The van der Waals surface area contributed by atoms with Crippen LogP contribution in [0, 0.1) is 5.82 Å². The number of rotatable bonds is 8. The normalized spacial score (nSPS) is 12.4. The van der Waals surface area contributed by atoms with Crippen LogP contribution >= 0.6 is 15.9 Å². The van der Waals surface area contributed by atoms with Gasteiger partial charge in [0.1, 0.15) is 18.2 Å². The molecule has 0 unspecified atom stereocenters. The van der Waals surface area contributed by atoms with Gasteiger partial charge in [-0.1, -0.05) is 25.7 Å². The Hall–Kier alpha value is -2.24. The van der Waals surface area contributed by atoms with Crippen LogP contribution in [0.3, 0.4) is 0 Å². The van der Waals surface area contributed by atoms with Gasteiger partial charge in [-0.15, -0.1) is 0 Å². The molecule has 0 spiro atoms. The minimum Gasteiger partial charge on any atom is -0.361 e. The first-order valence-corrected chi connectivity index (χ1v) is 14.7. The van der Waals surface area contributed by atoms with Crippen molar-refractivity contribution < 1.29 is 27.1 Å². The lowest BCUT2D eigenvalue weighted by Gasteiger charge is -2.15. The van der Waals surface area contributed by atoms with Gasteiger partial charge in [-0.2, -0.15) is 13.2 Å². The highest BCUT2D eigenvalue weighted by molar-refractivity contribution is 9.10. The predicted octanol–water partition coefficient (Wildman–Crippen LogP) is 6.34. The van der Waals surface area contributed by atoms with Gasteiger partial charge < -0.3 is 14.6 Å². The number of fused-ring (bicyclic) bond motifs is 1. The Balaban J connectivity index is 1.78. The van der Waals surface area contributed by atoms with Gasteiger partial charge in [0.15, 0.2) is 0 Å². The number of nitrogens with one attached hydrogen (secondary N) is 1. The molecule has 1 amide bonds. The second-order valence-electron chi connectivity index (χ2n) is 8.90. The van der Waals surface area contributed by atoms with Gasteiger partial charge in [0, 0.05) is 49.0 Å². The minimum atomic E-state index is -5.05. The molecule has 0 aliphatic rings. The lowest BCUT2D eigenvalue weighted by Crippen LogP contribution is -2.29. The number of hydrogen-bond donors (Lipinski definition) is 1. The summed E-state index contributed by atoms with van der Waals surface area (Å²) in [6, 6.07) is 6.29. The fourth-order valence-electron chi connectivity index (χ4n) is 3.19. The van der Waals surface area contributed by atoms with Crippen molar-refractivity contribution >= 4 is 46.6 Å². The monoisotopic (exact) mass is 545 g/mol. The summed E-state index contributed by atoms with van der Waals surface area (Å²) in [6.45, 7) is 7.84. The number of nitrogens with zero attached hydrogens (tertiary/aromatic N) is 2. The summed E-state index contributed by atoms with van der Waals surface area (Å²) in [7, 11) is -1.20. The van der Waals surface area contributed by atoms with Gasteiger partial charge in [-0.3, -0.25) is 4.79 Å². The number of aromatic nitrogens is 2. The number of ether oxygens (including phenoxy) is 1. The molecule has 2 aromatic heterocycles. The molecule has 2 heterocycles. The molecule has 0 atom stereocenters. The van der Waals surface area contributed by atoms with Crippen LogP contribution in [0.4, 0.5) is 23.2 Å². The van der Waals surface area contributed by atoms with Gasteiger partial charge in [-0.25, -0.2) is 9.37 Å². The number of benzene rings is 1. The highest BCUT2D eigenvalue weighted by Crippen LogP contribution is 2.30. The van der Waals surface area contributed by atoms with E-state index in [1.54, 1.807) is 17.6 Å². The zero-order valence-electron chi connectivity index (χ0n) is 18.4. The molecule has 0 radical (unpaired) electrons. The van der Waals surface area contributed by atoms with E-state index in [1.165, 1.54) is 12.1 Å². The Kier molecular flexibility index (Phi) is 7.64. The van der Waals surface area contributed by atoms with Crippen molar-refractivity contribution in [2.75, 3.05) is 11.9 Å². The smallest absolute Gasteiger partial charge is 0.361 e. The molecule has 3 rings (SSSR count). The molecule has 0 aliphatic carbocycles. The van der Waals surface area contributed by atoms with E-state index in [2.05, 4.69) is 40.6 Å². The number of amides is 1. The summed E-state index contributed by atoms with van der Waals surface area (Å²) in [5.74, 6) is -2.87. The number of pyridine rings is 1. The van der Waals surface area contributed by atoms with E-state index in [1.807, 2.05) is 10.8 Å². The van der Waals surface area contributed by atoms with Crippen LogP contribution in [0.2, 0.25) is 25.7 Å². The Bertz CT molecular complexity index is 1160. The van der Waals surface area contributed by atoms with Crippen molar-refractivity contribution in [1.82, 2.24) is 9.55 Å². The van der Waals surface area contributed by atoms with Crippen LogP contribution in [0.15, 0.2) is 41.1 Å². The first-order chi connectivity index (χ1) is 15.3. The van der Waals surface area contributed by atoms with Crippen LogP contribution in [-0.2, 0) is 22.7 Å². The van der Waals surface area contributed by atoms with Crippen LogP contribution in [0.25, 0.3) is 11.0 Å². The molecule has 11 heteroatoms. The summed E-state index contributed by atoms with van der Waals surface area (Å²) < 4.78 is 60.3. The molecule has 33 heavy (non-hydrogen) atoms. The van der Waals surface area contributed by atoms with E-state index >= 15 is 0 Å². The fourth-order valence-corrected chi connectivity index (χ4v) is 4.63. The van der Waals surface area contributed by atoms with E-state index in [4.69, 9.17) is 4.74 Å². The summed E-state index contributed by atoms with van der Waals surface area (Å²) in [5.41, 5.74) is 1.49. The van der Waals surface area contributed by atoms with Gasteiger partial charge in [-0.05, 0) is 51.3 Å². The third kappa shape index (κ3) is 6.64. The average Bonchev–Trinajstić information content (AvgIpc) is 3.02. The lowest BCUT2D eigenvalue weighted by molar-refractivity contribution is -0.167. The molecule has 0 aliphatic heterocycles. The molecule has 3 aromatic rings. The quantitative estimate of drug-likeness (QED) is 0.204. The Morgan fingerprint density at radius 1 is 1.21 bits per heavy atom. The van der Waals surface area contributed by atoms with E-state index in [0.29, 0.717) is 19.0 Å². The van der Waals surface area contributed by atoms with E-state index in [-0.39, 0.29) is 17.7 Å². The summed E-state index contributed by atoms with van der Waals surface area (Å²) >= 11 is 3.54. The fraction of sp³-hybridized carbons (Fsp3) is 0.364. The maximum Gasteiger partial charge on any atom is 0.471 e. The van der Waals surface area contributed by atoms with Gasteiger partial charge >= 0.3 is 12.1 Å². The first kappa shape index (κ1) is 25.4. The van der Waals surface area contributed by atoms with E-state index < -0.39 is 26.0 Å². The highest BCUT2D eigenvalue weighted by Gasteiger charge is 2.38. The molecule has 5 nitrogen and oxygen atoms in total. The number of halogens is 5. The lowest BCUT2D eigenvalue weighted by atomic mass is 10.0. The van der Waals surface area contributed by atoms with Crippen LogP contribution < -0.4 is 5.32 Å². The maximum atomic E-state index is 14.6. The molecule has 1 N–H and O–H groups in total. The van der Waals surface area contributed by atoms with Crippen LogP contribution in [0.5, 0.6) is 0 Å². The number of carbonyl (C=O) groups is 1. The third-order valence-corrected chi connectivity index (χ3v) is 7.28.